The van der Waals surface area contributed by atoms with Crippen molar-refractivity contribution in [1.82, 2.24) is 19.9 Å². The summed E-state index contributed by atoms with van der Waals surface area (Å²) in [6.07, 6.45) is 27.9. The van der Waals surface area contributed by atoms with Crippen LogP contribution in [0.4, 0.5) is 68.4 Å². The van der Waals surface area contributed by atoms with Crippen LogP contribution in [0, 0.1) is 0 Å². The van der Waals surface area contributed by atoms with Gasteiger partial charge in [-0.25, -0.2) is 4.98 Å². The van der Waals surface area contributed by atoms with E-state index in [1.54, 1.807) is 0 Å². The van der Waals surface area contributed by atoms with Gasteiger partial charge in [0.25, 0.3) is 0 Å². The van der Waals surface area contributed by atoms with Crippen LogP contribution in [-0.4, -0.2) is 19.9 Å². The van der Waals surface area contributed by atoms with Gasteiger partial charge in [0.05, 0.1) is 74.5 Å². The zero-order valence-corrected chi connectivity index (χ0v) is 77.2. The number of pyridine rings is 4. The molecule has 16 aliphatic rings. The van der Waals surface area contributed by atoms with Gasteiger partial charge < -0.3 is 14.7 Å². The zero-order chi connectivity index (χ0) is 90.7. The van der Waals surface area contributed by atoms with Crippen molar-refractivity contribution < 1.29 is 0 Å². The van der Waals surface area contributed by atoms with E-state index in [2.05, 4.69) is 345 Å². The first kappa shape index (κ1) is 76.5. The van der Waals surface area contributed by atoms with Crippen LogP contribution in [-0.2, 0) is 103 Å². The fourth-order valence-electron chi connectivity index (χ4n) is 28.8. The maximum Gasteiger partial charge on any atom is 0.141 e. The highest BCUT2D eigenvalue weighted by molar-refractivity contribution is 6.05. The van der Waals surface area contributed by atoms with Crippen molar-refractivity contribution in [2.75, 3.05) is 19.6 Å². The Labute approximate surface area is 812 Å². The van der Waals surface area contributed by atoms with Gasteiger partial charge in [-0.1, -0.05) is 267 Å². The van der Waals surface area contributed by atoms with Crippen LogP contribution in [0.2, 0.25) is 0 Å². The van der Waals surface area contributed by atoms with Gasteiger partial charge in [0.1, 0.15) is 5.82 Å². The zero-order valence-electron chi connectivity index (χ0n) is 77.2. The maximum absolute atomic E-state index is 4.98. The van der Waals surface area contributed by atoms with Crippen LogP contribution in [0.3, 0.4) is 0 Å². The lowest BCUT2D eigenvalue weighted by Crippen LogP contribution is -2.27. The van der Waals surface area contributed by atoms with Crippen molar-refractivity contribution in [1.29, 1.82) is 0 Å². The molecule has 0 saturated heterocycles. The summed E-state index contributed by atoms with van der Waals surface area (Å²) in [7, 11) is 0. The number of nitrogens with zero attached hydrogens (tertiary/aromatic N) is 8. The molecule has 0 fully saturated rings. The average molecular weight is 1790 g/mol. The highest BCUT2D eigenvalue weighted by Gasteiger charge is 2.46. The Bertz CT molecular complexity index is 8510. The molecule has 16 aromatic carbocycles. The number of hydrogen-bond donors (Lipinski definition) is 0. The van der Waals surface area contributed by atoms with Crippen molar-refractivity contribution >= 4 is 68.4 Å². The van der Waals surface area contributed by atoms with E-state index in [0.29, 0.717) is 0 Å². The smallest absolute Gasteiger partial charge is 0.141 e. The van der Waals surface area contributed by atoms with Crippen LogP contribution in [0.1, 0.15) is 178 Å². The summed E-state index contributed by atoms with van der Waals surface area (Å²) in [5, 5.41) is 0. The molecule has 0 saturated carbocycles. The summed E-state index contributed by atoms with van der Waals surface area (Å²) in [6, 6.07) is 114. The van der Waals surface area contributed by atoms with Crippen molar-refractivity contribution in [2.45, 2.75) is 103 Å². The lowest BCUT2D eigenvalue weighted by molar-refractivity contribution is 0.960. The third-order valence-electron chi connectivity index (χ3n) is 34.3. The normalized spacial score (nSPS) is 14.9. The number of anilines is 12. The largest absolute Gasteiger partial charge is 0.309 e. The van der Waals surface area contributed by atoms with E-state index in [9.17, 15) is 0 Å². The minimum Gasteiger partial charge on any atom is -0.309 e. The second-order valence-corrected chi connectivity index (χ2v) is 41.4. The third-order valence-corrected chi connectivity index (χ3v) is 34.3. The third kappa shape index (κ3) is 10.6. The van der Waals surface area contributed by atoms with Gasteiger partial charge in [0.2, 0.25) is 0 Å². The molecule has 656 valence electrons. The van der Waals surface area contributed by atoms with Crippen LogP contribution < -0.4 is 19.6 Å². The van der Waals surface area contributed by atoms with Gasteiger partial charge in [-0.05, 0) is 324 Å². The van der Waals surface area contributed by atoms with Crippen LogP contribution in [0.15, 0.2) is 340 Å². The standard InChI is InChI=1S/4C33H22N2/c1-3-9-24-20(7-1)16-29-26(24)12-11-21-14-23-18-27-25-10-4-2-6-19(25)15-28(27)30-17-22-8-5-13-34-33(22)35(31(21)29)32(23)30;1-3-8-24-20(7-1)17-27-26(24)12-11-21-15-23-16-22-14-19-6-2-4-9-25(19)31(22)28-18-29-30(10-5-13-34-29)35(32(21)27)33(23)28;1-3-7-25-20(6-1)16-28-27(25)10-9-22-14-24-15-23-13-19-5-2-4-8-26(19)31(23)29-17-21-11-12-34-18-30(21)35(32(22)28)33(24)29;1-3-7-25-20(6-1)16-28-27(25)10-9-21-14-23-15-22-13-19-5-2-4-8-26(19)31(22)29-17-24-18-34-12-11-30(24)35(32(21)28)33(23)29/h1-13,18H,14-17H2;1-13,16H,14-15,17-18H2;2*1-12,15,18H,13-14,16-17H2. The molecule has 0 N–H and O–H groups in total. The molecule has 8 aliphatic heterocycles. The molecule has 8 aliphatic carbocycles. The first-order valence-corrected chi connectivity index (χ1v) is 50.3. The first-order valence-electron chi connectivity index (χ1n) is 50.3. The van der Waals surface area contributed by atoms with E-state index in [1.807, 2.05) is 24.8 Å². The Hall–Kier alpha value is -16.7. The molecule has 8 heteroatoms. The van der Waals surface area contributed by atoms with Crippen molar-refractivity contribution in [3.8, 4) is 89.0 Å². The van der Waals surface area contributed by atoms with Gasteiger partial charge in [-0.3, -0.25) is 19.9 Å². The predicted octanol–water partition coefficient (Wildman–Crippen LogP) is 30.0. The molecule has 4 aromatic heterocycles. The lowest BCUT2D eigenvalue weighted by atomic mass is 9.81. The summed E-state index contributed by atoms with van der Waals surface area (Å²) in [6.45, 7) is 0. The second-order valence-electron chi connectivity index (χ2n) is 41.4. The molecule has 0 unspecified atom stereocenters. The molecule has 20 aromatic rings. The van der Waals surface area contributed by atoms with Gasteiger partial charge in [-0.2, -0.15) is 0 Å². The molecule has 0 radical (unpaired) electrons. The van der Waals surface area contributed by atoms with Crippen molar-refractivity contribution in [3.63, 3.8) is 0 Å². The van der Waals surface area contributed by atoms with E-state index in [0.717, 1.165) is 109 Å². The highest BCUT2D eigenvalue weighted by atomic mass is 15.2. The van der Waals surface area contributed by atoms with Gasteiger partial charge in [-0.15, -0.1) is 0 Å². The Morgan fingerprint density at radius 3 is 0.950 bits per heavy atom. The molecule has 0 amide bonds. The molecule has 36 rings (SSSR count). The minimum absolute atomic E-state index is 0.900. The van der Waals surface area contributed by atoms with Crippen molar-refractivity contribution in [3.05, 3.63) is 519 Å². The number of hydrogen-bond acceptors (Lipinski definition) is 8. The van der Waals surface area contributed by atoms with E-state index < -0.39 is 0 Å². The molecule has 8 nitrogen and oxygen atoms in total. The Morgan fingerprint density at radius 1 is 0.157 bits per heavy atom. The van der Waals surface area contributed by atoms with E-state index in [4.69, 9.17) is 9.97 Å². The van der Waals surface area contributed by atoms with Gasteiger partial charge >= 0.3 is 0 Å². The quantitative estimate of drug-likeness (QED) is 0.149. The lowest BCUT2D eigenvalue weighted by Gasteiger charge is -2.41. The summed E-state index contributed by atoms with van der Waals surface area (Å²) in [5.74, 6) is 1.11. The van der Waals surface area contributed by atoms with Crippen LogP contribution in [0.25, 0.3) is 89.0 Å². The number of rotatable bonds is 0. The molecule has 0 spiro atoms. The molecule has 12 heterocycles. The van der Waals surface area contributed by atoms with Gasteiger partial charge in [0, 0.05) is 108 Å². The first-order chi connectivity index (χ1) is 69.4. The summed E-state index contributed by atoms with van der Waals surface area (Å²) >= 11 is 0. The Morgan fingerprint density at radius 2 is 0.479 bits per heavy atom. The molecule has 140 heavy (non-hydrogen) atoms. The molecular weight excluding hydrogens is 1700 g/mol. The molecule has 0 bridgehead atoms. The van der Waals surface area contributed by atoms with Gasteiger partial charge in [0.15, 0.2) is 0 Å². The monoisotopic (exact) mass is 1780 g/mol. The average Bonchev–Trinajstić information content (AvgIpc) is 1.44. The number of fused-ring (bicyclic) bond motifs is 48. The molecule has 0 atom stereocenters. The molecular formula is C132H88N8. The number of aromatic nitrogens is 4. The Balaban J connectivity index is 0.0000000829. The van der Waals surface area contributed by atoms with E-state index >= 15 is 0 Å². The summed E-state index contributed by atoms with van der Waals surface area (Å²) < 4.78 is 0. The second kappa shape index (κ2) is 28.5. The maximum atomic E-state index is 4.98. The van der Waals surface area contributed by atoms with Crippen LogP contribution in [0.5, 0.6) is 0 Å². The summed E-state index contributed by atoms with van der Waals surface area (Å²) in [5.41, 5.74) is 83.9. The van der Waals surface area contributed by atoms with Crippen LogP contribution >= 0.6 is 0 Å². The topological polar surface area (TPSA) is 64.5 Å². The predicted molar refractivity (Wildman–Crippen MR) is 564 cm³/mol. The highest BCUT2D eigenvalue weighted by Crippen LogP contribution is 2.65. The van der Waals surface area contributed by atoms with E-state index in [1.165, 1.54) is 330 Å². The van der Waals surface area contributed by atoms with E-state index in [-0.39, 0.29) is 0 Å². The fraction of sp³-hybridized carbons (Fsp3) is 0.121. The minimum atomic E-state index is 0.900. The SMILES string of the molecule is c1ccc2c(c1)Cc1c-2cc2c3c1Cc1cccnc1N3c1c(ccc3c1Cc1ccccc1-3)C2.c1ccc2c(c1)Cc1c-2ccc2c1N1c3cccnc3Cc3c4c(cc(c31)C2)Cc1ccccc1-4.c1ccc2c(c1)Cc1c-2ccc2c1N1c3ccncc3Cc3c4c(cc(c31)C2)Cc1ccccc1-4.c1ccc2c(c1)Cc1c-2ccc2c1N1c3cnccc3Cc3c4c(cc(c31)C2)Cc1ccccc1-4. The number of benzene rings is 16. The van der Waals surface area contributed by atoms with Crippen molar-refractivity contribution in [2.24, 2.45) is 0 Å². The fourth-order valence-corrected chi connectivity index (χ4v) is 28.8. The Kier molecular flexibility index (Phi) is 15.6. The summed E-state index contributed by atoms with van der Waals surface area (Å²) in [4.78, 5) is 29.4.